The van der Waals surface area contributed by atoms with Gasteiger partial charge in [-0.2, -0.15) is 0 Å². The second-order valence-corrected chi connectivity index (χ2v) is 7.85. The van der Waals surface area contributed by atoms with E-state index in [4.69, 9.17) is 21.5 Å². The highest BCUT2D eigenvalue weighted by Gasteiger charge is 2.26. The molecule has 6 nitrogen and oxygen atoms in total. The third kappa shape index (κ3) is 4.38. The van der Waals surface area contributed by atoms with E-state index in [0.717, 1.165) is 11.3 Å². The number of carbonyl (C=O) groups excluding carboxylic acids is 2. The summed E-state index contributed by atoms with van der Waals surface area (Å²) in [7, 11) is -3.85. The number of nitrogens with two attached hydrogens (primary N) is 1. The van der Waals surface area contributed by atoms with E-state index in [9.17, 15) is 18.0 Å². The van der Waals surface area contributed by atoms with Crippen LogP contribution >= 0.6 is 22.9 Å². The maximum Gasteiger partial charge on any atom is 0.303 e. The van der Waals surface area contributed by atoms with Gasteiger partial charge < -0.3 is 4.74 Å². The summed E-state index contributed by atoms with van der Waals surface area (Å²) in [6.07, 6.45) is -1.18. The molecule has 1 aromatic heterocycles. The molecule has 0 saturated carbocycles. The molecule has 0 spiro atoms. The smallest absolute Gasteiger partial charge is 0.303 e. The van der Waals surface area contributed by atoms with Gasteiger partial charge in [0.1, 0.15) is 0 Å². The predicted molar refractivity (Wildman–Crippen MR) is 86.0 cm³/mol. The SMILES string of the molecule is CC(=O)OC(C(=O)c1ccc(Cl)s1)c1ccc(S(N)(=O)=O)cc1. The molecule has 0 radical (unpaired) electrons. The van der Waals surface area contributed by atoms with Gasteiger partial charge in [-0.25, -0.2) is 13.6 Å². The molecule has 1 heterocycles. The van der Waals surface area contributed by atoms with E-state index in [1.807, 2.05) is 0 Å². The second kappa shape index (κ2) is 6.79. The minimum Gasteiger partial charge on any atom is -0.449 e. The summed E-state index contributed by atoms with van der Waals surface area (Å²) >= 11 is 6.87. The first kappa shape index (κ1) is 17.6. The van der Waals surface area contributed by atoms with Crippen LogP contribution in [0, 0.1) is 0 Å². The summed E-state index contributed by atoms with van der Waals surface area (Å²) in [5.74, 6) is -1.08. The van der Waals surface area contributed by atoms with Crippen molar-refractivity contribution >= 4 is 44.7 Å². The number of hydrogen-bond acceptors (Lipinski definition) is 6. The first-order valence-electron chi connectivity index (χ1n) is 6.28. The number of benzene rings is 1. The molecule has 1 atom stereocenters. The summed E-state index contributed by atoms with van der Waals surface area (Å²) in [5, 5.41) is 5.02. The molecule has 0 bridgehead atoms. The zero-order valence-electron chi connectivity index (χ0n) is 11.9. The van der Waals surface area contributed by atoms with Crippen molar-refractivity contribution < 1.29 is 22.7 Å². The lowest BCUT2D eigenvalue weighted by Crippen LogP contribution is -2.18. The van der Waals surface area contributed by atoms with E-state index in [1.165, 1.54) is 37.3 Å². The lowest BCUT2D eigenvalue weighted by atomic mass is 10.0. The number of hydrogen-bond donors (Lipinski definition) is 1. The van der Waals surface area contributed by atoms with Crippen molar-refractivity contribution in [3.05, 3.63) is 51.2 Å². The Labute approximate surface area is 141 Å². The Bertz CT molecular complexity index is 842. The molecule has 122 valence electrons. The molecule has 0 aliphatic carbocycles. The van der Waals surface area contributed by atoms with Gasteiger partial charge in [-0.1, -0.05) is 23.7 Å². The van der Waals surface area contributed by atoms with Crippen molar-refractivity contribution in [3.8, 4) is 0 Å². The molecule has 0 fully saturated rings. The number of sulfonamides is 1. The number of primary sulfonamides is 1. The maximum absolute atomic E-state index is 12.5. The molecule has 0 aliphatic rings. The molecule has 0 amide bonds. The number of halogens is 1. The van der Waals surface area contributed by atoms with Crippen LogP contribution in [0.5, 0.6) is 0 Å². The van der Waals surface area contributed by atoms with Crippen LogP contribution in [-0.4, -0.2) is 20.2 Å². The van der Waals surface area contributed by atoms with Gasteiger partial charge in [0.05, 0.1) is 14.1 Å². The van der Waals surface area contributed by atoms with E-state index in [2.05, 4.69) is 0 Å². The molecule has 0 aliphatic heterocycles. The average Bonchev–Trinajstić information content (AvgIpc) is 2.90. The monoisotopic (exact) mass is 373 g/mol. The fourth-order valence-electron chi connectivity index (χ4n) is 1.85. The van der Waals surface area contributed by atoms with Gasteiger partial charge in [0.15, 0.2) is 6.10 Å². The standard InChI is InChI=1S/C14H12ClNO5S2/c1-8(17)21-14(13(18)11-6-7-12(15)22-11)9-2-4-10(5-3-9)23(16,19)20/h2-7,14H,1H3,(H2,16,19,20). The molecular formula is C14H12ClNO5S2. The van der Waals surface area contributed by atoms with Crippen molar-refractivity contribution in [1.82, 2.24) is 0 Å². The van der Waals surface area contributed by atoms with Gasteiger partial charge in [-0.15, -0.1) is 11.3 Å². The number of rotatable bonds is 5. The van der Waals surface area contributed by atoms with Crippen molar-refractivity contribution in [2.24, 2.45) is 5.14 Å². The zero-order valence-corrected chi connectivity index (χ0v) is 14.2. The number of ether oxygens (including phenoxy) is 1. The number of esters is 1. The molecule has 1 unspecified atom stereocenters. The Morgan fingerprint density at radius 3 is 2.22 bits per heavy atom. The summed E-state index contributed by atoms with van der Waals surface area (Å²) in [5.41, 5.74) is 0.335. The van der Waals surface area contributed by atoms with Crippen molar-refractivity contribution in [1.29, 1.82) is 0 Å². The molecule has 0 saturated heterocycles. The fraction of sp³-hybridized carbons (Fsp3) is 0.143. The van der Waals surface area contributed by atoms with Gasteiger partial charge in [0.2, 0.25) is 15.8 Å². The summed E-state index contributed by atoms with van der Waals surface area (Å²) in [4.78, 5) is 24.0. The molecule has 2 rings (SSSR count). The van der Waals surface area contributed by atoms with E-state index >= 15 is 0 Å². The molecule has 2 aromatic rings. The topological polar surface area (TPSA) is 104 Å². The van der Waals surface area contributed by atoms with Crippen LogP contribution in [0.3, 0.4) is 0 Å². The minimum absolute atomic E-state index is 0.102. The number of thiophene rings is 1. The highest BCUT2D eigenvalue weighted by atomic mass is 35.5. The zero-order chi connectivity index (χ0) is 17.2. The van der Waals surface area contributed by atoms with Crippen LogP contribution in [0.25, 0.3) is 0 Å². The highest BCUT2D eigenvalue weighted by Crippen LogP contribution is 2.29. The maximum atomic E-state index is 12.5. The Kier molecular flexibility index (Phi) is 5.20. The lowest BCUT2D eigenvalue weighted by Gasteiger charge is -2.15. The van der Waals surface area contributed by atoms with E-state index in [-0.39, 0.29) is 4.90 Å². The van der Waals surface area contributed by atoms with Crippen molar-refractivity contribution in [2.75, 3.05) is 0 Å². The van der Waals surface area contributed by atoms with E-state index in [0.29, 0.717) is 14.8 Å². The van der Waals surface area contributed by atoms with E-state index in [1.54, 1.807) is 6.07 Å². The van der Waals surface area contributed by atoms with Crippen LogP contribution in [0.1, 0.15) is 28.3 Å². The Morgan fingerprint density at radius 2 is 1.78 bits per heavy atom. The minimum atomic E-state index is -3.85. The summed E-state index contributed by atoms with van der Waals surface area (Å²) < 4.78 is 28.0. The van der Waals surface area contributed by atoms with E-state index < -0.39 is 27.9 Å². The van der Waals surface area contributed by atoms with Gasteiger partial charge in [0.25, 0.3) is 0 Å². The molecule has 1 aromatic carbocycles. The number of carbonyl (C=O) groups is 2. The Morgan fingerprint density at radius 1 is 1.17 bits per heavy atom. The van der Waals surface area contributed by atoms with Gasteiger partial charge in [0, 0.05) is 12.5 Å². The Hall–Kier alpha value is -1.74. The highest BCUT2D eigenvalue weighted by molar-refractivity contribution is 7.89. The van der Waals surface area contributed by atoms with Crippen molar-refractivity contribution in [2.45, 2.75) is 17.9 Å². The van der Waals surface area contributed by atoms with Gasteiger partial charge in [-0.3, -0.25) is 9.59 Å². The first-order valence-corrected chi connectivity index (χ1v) is 9.02. The summed E-state index contributed by atoms with van der Waals surface area (Å²) in [6.45, 7) is 1.18. The third-order valence-corrected chi connectivity index (χ3v) is 5.02. The summed E-state index contributed by atoms with van der Waals surface area (Å²) in [6, 6.07) is 8.34. The molecule has 2 N–H and O–H groups in total. The quantitative estimate of drug-likeness (QED) is 0.640. The normalized spacial score (nSPS) is 12.7. The van der Waals surface area contributed by atoms with Crippen LogP contribution in [0.15, 0.2) is 41.3 Å². The Balaban J connectivity index is 2.38. The largest absolute Gasteiger partial charge is 0.449 e. The lowest BCUT2D eigenvalue weighted by molar-refractivity contribution is -0.144. The van der Waals surface area contributed by atoms with Crippen LogP contribution in [0.4, 0.5) is 0 Å². The van der Waals surface area contributed by atoms with Crippen LogP contribution < -0.4 is 5.14 Å². The first-order chi connectivity index (χ1) is 10.7. The van der Waals surface area contributed by atoms with Gasteiger partial charge >= 0.3 is 5.97 Å². The second-order valence-electron chi connectivity index (χ2n) is 4.57. The van der Waals surface area contributed by atoms with Crippen molar-refractivity contribution in [3.63, 3.8) is 0 Å². The molecule has 23 heavy (non-hydrogen) atoms. The average molecular weight is 374 g/mol. The third-order valence-electron chi connectivity index (χ3n) is 2.85. The number of Topliss-reactive ketones (excluding diaryl/α,β-unsaturated/α-hetero) is 1. The van der Waals surface area contributed by atoms with Crippen LogP contribution in [0.2, 0.25) is 4.34 Å². The fourth-order valence-corrected chi connectivity index (χ4v) is 3.36. The van der Waals surface area contributed by atoms with Gasteiger partial charge in [-0.05, 0) is 24.3 Å². The van der Waals surface area contributed by atoms with Crippen LogP contribution in [-0.2, 0) is 19.6 Å². The number of ketones is 1. The molecule has 9 heteroatoms. The molecular weight excluding hydrogens is 362 g/mol. The predicted octanol–water partition coefficient (Wildman–Crippen LogP) is 2.54.